The number of ketones is 1. The average Bonchev–Trinajstić information content (AvgIpc) is 3.03. The van der Waals surface area contributed by atoms with Crippen molar-refractivity contribution in [3.8, 4) is 0 Å². The molecule has 1 aromatic carbocycles. The van der Waals surface area contributed by atoms with Crippen molar-refractivity contribution in [3.63, 3.8) is 0 Å². The van der Waals surface area contributed by atoms with Crippen molar-refractivity contribution in [1.29, 1.82) is 0 Å². The van der Waals surface area contributed by atoms with Gasteiger partial charge in [0.05, 0.1) is 24.5 Å². The number of hydrogen-bond acceptors (Lipinski definition) is 4. The fourth-order valence-electron chi connectivity index (χ4n) is 4.13. The summed E-state index contributed by atoms with van der Waals surface area (Å²) in [7, 11) is 0. The number of fused-ring (bicyclic) bond motifs is 1. The Morgan fingerprint density at radius 3 is 2.68 bits per heavy atom. The van der Waals surface area contributed by atoms with Gasteiger partial charge in [0.1, 0.15) is 0 Å². The van der Waals surface area contributed by atoms with Gasteiger partial charge in [0.15, 0.2) is 5.78 Å². The van der Waals surface area contributed by atoms with E-state index >= 15 is 0 Å². The molecule has 0 heterocycles. The van der Waals surface area contributed by atoms with Crippen LogP contribution in [0, 0.1) is 0 Å². The van der Waals surface area contributed by atoms with Gasteiger partial charge >= 0.3 is 5.97 Å². The zero-order valence-electron chi connectivity index (χ0n) is 14.7. The number of ether oxygens (including phenoxy) is 1. The van der Waals surface area contributed by atoms with Crippen LogP contribution in [0.3, 0.4) is 0 Å². The van der Waals surface area contributed by atoms with Gasteiger partial charge in [-0.2, -0.15) is 0 Å². The highest BCUT2D eigenvalue weighted by Gasteiger charge is 2.40. The molecule has 1 aromatic rings. The molecule has 0 aliphatic heterocycles. The largest absolute Gasteiger partial charge is 0.466 e. The highest BCUT2D eigenvalue weighted by molar-refractivity contribution is 6.01. The summed E-state index contributed by atoms with van der Waals surface area (Å²) < 4.78 is 5.09. The van der Waals surface area contributed by atoms with Crippen LogP contribution in [0.4, 0.5) is 0 Å². The van der Waals surface area contributed by atoms with E-state index in [1.54, 1.807) is 13.0 Å². The van der Waals surface area contributed by atoms with Gasteiger partial charge in [-0.15, -0.1) is 0 Å². The quantitative estimate of drug-likeness (QED) is 0.834. The fourth-order valence-corrected chi connectivity index (χ4v) is 4.13. The smallest absolute Gasteiger partial charge is 0.308 e. The van der Waals surface area contributed by atoms with Crippen molar-refractivity contribution in [2.75, 3.05) is 6.61 Å². The monoisotopic (exact) mass is 343 g/mol. The van der Waals surface area contributed by atoms with Gasteiger partial charge in [-0.25, -0.2) is 0 Å². The van der Waals surface area contributed by atoms with E-state index in [0.29, 0.717) is 25.0 Å². The lowest BCUT2D eigenvalue weighted by atomic mass is 9.80. The Morgan fingerprint density at radius 2 is 1.96 bits per heavy atom. The highest BCUT2D eigenvalue weighted by atomic mass is 16.5. The van der Waals surface area contributed by atoms with Gasteiger partial charge in [0.2, 0.25) is 5.91 Å². The highest BCUT2D eigenvalue weighted by Crippen LogP contribution is 2.36. The van der Waals surface area contributed by atoms with Gasteiger partial charge in [0.25, 0.3) is 0 Å². The molecule has 0 unspecified atom stereocenters. The van der Waals surface area contributed by atoms with Crippen molar-refractivity contribution in [2.24, 2.45) is 0 Å². The molecule has 0 radical (unpaired) electrons. The molecule has 134 valence electrons. The fraction of sp³-hybridized carbons (Fsp3) is 0.550. The Bertz CT molecular complexity index is 676. The second-order valence-corrected chi connectivity index (χ2v) is 7.06. The van der Waals surface area contributed by atoms with Gasteiger partial charge in [-0.1, -0.05) is 37.1 Å². The Hall–Kier alpha value is -2.17. The third-order valence-corrected chi connectivity index (χ3v) is 5.35. The molecule has 0 bridgehead atoms. The lowest BCUT2D eigenvalue weighted by molar-refractivity contribution is -0.145. The van der Waals surface area contributed by atoms with Crippen LogP contribution in [0.1, 0.15) is 73.7 Å². The zero-order valence-corrected chi connectivity index (χ0v) is 14.7. The minimum absolute atomic E-state index is 0.0776. The number of hydrogen-bond donors (Lipinski definition) is 1. The van der Waals surface area contributed by atoms with Crippen LogP contribution in [0.2, 0.25) is 0 Å². The molecule has 3 rings (SSSR count). The van der Waals surface area contributed by atoms with Crippen molar-refractivity contribution >= 4 is 17.7 Å². The van der Waals surface area contributed by atoms with E-state index in [0.717, 1.165) is 31.2 Å². The molecule has 0 saturated heterocycles. The average molecular weight is 343 g/mol. The molecule has 1 saturated carbocycles. The number of rotatable bonds is 5. The predicted octanol–water partition coefficient (Wildman–Crippen LogP) is 3.13. The van der Waals surface area contributed by atoms with Crippen LogP contribution >= 0.6 is 0 Å². The number of Topliss-reactive ketones (excluding diaryl/α,β-unsaturated/α-hetero) is 1. The van der Waals surface area contributed by atoms with Gasteiger partial charge < -0.3 is 10.1 Å². The number of esters is 1. The first-order valence-electron chi connectivity index (χ1n) is 9.14. The van der Waals surface area contributed by atoms with Gasteiger partial charge in [-0.3, -0.25) is 14.4 Å². The molecule has 5 nitrogen and oxygen atoms in total. The minimum atomic E-state index is -0.500. The number of carbonyl (C=O) groups is 3. The minimum Gasteiger partial charge on any atom is -0.466 e. The molecule has 5 heteroatoms. The molecule has 0 spiro atoms. The van der Waals surface area contributed by atoms with Crippen LogP contribution < -0.4 is 5.32 Å². The summed E-state index contributed by atoms with van der Waals surface area (Å²) in [5.41, 5.74) is 0.958. The number of benzene rings is 1. The molecule has 1 fully saturated rings. The molecule has 1 N–H and O–H groups in total. The molecule has 1 amide bonds. The number of nitrogens with one attached hydrogen (secondary N) is 1. The summed E-state index contributed by atoms with van der Waals surface area (Å²) in [6.07, 6.45) is 4.73. The van der Waals surface area contributed by atoms with E-state index in [-0.39, 0.29) is 30.0 Å². The summed E-state index contributed by atoms with van der Waals surface area (Å²) in [4.78, 5) is 37.1. The lowest BCUT2D eigenvalue weighted by Gasteiger charge is -2.33. The van der Waals surface area contributed by atoms with Crippen LogP contribution in [-0.2, 0) is 14.3 Å². The van der Waals surface area contributed by atoms with Crippen molar-refractivity contribution in [2.45, 2.75) is 63.3 Å². The van der Waals surface area contributed by atoms with Crippen molar-refractivity contribution < 1.29 is 19.1 Å². The SMILES string of the molecule is CCOC(=O)CC1(NC(=O)[C@H]2CCC(=O)c3ccccc32)CCCC1. The van der Waals surface area contributed by atoms with Gasteiger partial charge in [0, 0.05) is 12.0 Å². The van der Waals surface area contributed by atoms with E-state index < -0.39 is 5.54 Å². The normalized spacial score (nSPS) is 21.5. The first-order chi connectivity index (χ1) is 12.0. The van der Waals surface area contributed by atoms with E-state index in [1.807, 2.05) is 18.2 Å². The van der Waals surface area contributed by atoms with Crippen molar-refractivity contribution in [1.82, 2.24) is 5.32 Å². The predicted molar refractivity (Wildman–Crippen MR) is 93.3 cm³/mol. The summed E-state index contributed by atoms with van der Waals surface area (Å²) in [5, 5.41) is 3.16. The Kier molecular flexibility index (Phi) is 5.21. The second kappa shape index (κ2) is 7.38. The molecule has 0 aromatic heterocycles. The summed E-state index contributed by atoms with van der Waals surface area (Å²) >= 11 is 0. The van der Waals surface area contributed by atoms with E-state index in [2.05, 4.69) is 5.32 Å². The standard InChI is InChI=1S/C20H25NO4/c1-2-25-18(23)13-20(11-5-6-12-20)21-19(24)16-9-10-17(22)15-8-4-3-7-14(15)16/h3-4,7-8,16H,2,5-6,9-13H2,1H3,(H,21,24)/t16-/m0/s1. The molecular formula is C20H25NO4. The lowest BCUT2D eigenvalue weighted by Crippen LogP contribution is -2.50. The van der Waals surface area contributed by atoms with Crippen molar-refractivity contribution in [3.05, 3.63) is 35.4 Å². The molecule has 2 aliphatic carbocycles. The van der Waals surface area contributed by atoms with E-state index in [1.165, 1.54) is 0 Å². The second-order valence-electron chi connectivity index (χ2n) is 7.06. The van der Waals surface area contributed by atoms with E-state index in [4.69, 9.17) is 4.74 Å². The maximum atomic E-state index is 13.0. The Balaban J connectivity index is 1.77. The third-order valence-electron chi connectivity index (χ3n) is 5.35. The topological polar surface area (TPSA) is 72.5 Å². The first-order valence-corrected chi connectivity index (χ1v) is 9.14. The molecule has 25 heavy (non-hydrogen) atoms. The molecule has 2 aliphatic rings. The molecule has 1 atom stereocenters. The first kappa shape index (κ1) is 17.6. The van der Waals surface area contributed by atoms with Crippen LogP contribution in [0.5, 0.6) is 0 Å². The maximum absolute atomic E-state index is 13.0. The van der Waals surface area contributed by atoms with Crippen LogP contribution in [-0.4, -0.2) is 29.8 Å². The number of amides is 1. The van der Waals surface area contributed by atoms with Gasteiger partial charge in [-0.05, 0) is 31.7 Å². The Labute approximate surface area is 148 Å². The van der Waals surface area contributed by atoms with Crippen LogP contribution in [0.25, 0.3) is 0 Å². The summed E-state index contributed by atoms with van der Waals surface area (Å²) in [5.74, 6) is -0.564. The van der Waals surface area contributed by atoms with E-state index in [9.17, 15) is 14.4 Å². The third kappa shape index (κ3) is 3.75. The Morgan fingerprint density at radius 1 is 1.24 bits per heavy atom. The maximum Gasteiger partial charge on any atom is 0.308 e. The zero-order chi connectivity index (χ0) is 17.9. The summed E-state index contributed by atoms with van der Waals surface area (Å²) in [6, 6.07) is 7.35. The molecular weight excluding hydrogens is 318 g/mol. The number of carbonyl (C=O) groups excluding carboxylic acids is 3. The van der Waals surface area contributed by atoms with Crippen LogP contribution in [0.15, 0.2) is 24.3 Å². The summed E-state index contributed by atoms with van der Waals surface area (Å²) in [6.45, 7) is 2.13.